The summed E-state index contributed by atoms with van der Waals surface area (Å²) < 4.78 is 5.73. The van der Waals surface area contributed by atoms with Crippen LogP contribution in [0.4, 0.5) is 11.4 Å². The summed E-state index contributed by atoms with van der Waals surface area (Å²) in [6.07, 6.45) is 0.999. The molecule has 3 rings (SSSR count). The molecular weight excluding hydrogens is 302 g/mol. The number of aromatic nitrogens is 1. The van der Waals surface area contributed by atoms with E-state index in [4.69, 9.17) is 16.0 Å². The molecule has 1 heterocycles. The van der Waals surface area contributed by atoms with Gasteiger partial charge in [-0.25, -0.2) is 4.98 Å². The van der Waals surface area contributed by atoms with Gasteiger partial charge in [-0.15, -0.1) is 0 Å². The molecule has 6 heteroatoms. The molecule has 0 aliphatic carbocycles. The van der Waals surface area contributed by atoms with Gasteiger partial charge in [0.15, 0.2) is 5.58 Å². The zero-order chi connectivity index (χ0) is 15.5. The second kappa shape index (κ2) is 6.25. The summed E-state index contributed by atoms with van der Waals surface area (Å²) in [6, 6.07) is 10.9. The van der Waals surface area contributed by atoms with E-state index in [-0.39, 0.29) is 0 Å². The lowest BCUT2D eigenvalue weighted by atomic mass is 10.1. The van der Waals surface area contributed by atoms with Crippen molar-refractivity contribution < 1.29 is 9.62 Å². The van der Waals surface area contributed by atoms with Crippen LogP contribution >= 0.6 is 11.6 Å². The molecule has 114 valence electrons. The Morgan fingerprint density at radius 3 is 2.82 bits per heavy atom. The van der Waals surface area contributed by atoms with E-state index < -0.39 is 0 Å². The summed E-state index contributed by atoms with van der Waals surface area (Å²) in [5, 5.41) is 13.2. The zero-order valence-electron chi connectivity index (χ0n) is 12.1. The van der Waals surface area contributed by atoms with E-state index in [9.17, 15) is 5.21 Å². The standard InChI is InChI=1S/C16H16ClN3O2/c1-2-7-18-12-5-3-10(8-13(12)20-21)16-19-14-9-11(17)4-6-15(14)22-16/h3-6,8-9,18,20-21H,2,7H2,1H3. The molecule has 1 aromatic heterocycles. The molecule has 0 radical (unpaired) electrons. The van der Waals surface area contributed by atoms with Crippen LogP contribution in [0.5, 0.6) is 0 Å². The molecule has 3 aromatic rings. The molecule has 0 saturated heterocycles. The number of benzene rings is 2. The smallest absolute Gasteiger partial charge is 0.227 e. The monoisotopic (exact) mass is 317 g/mol. The van der Waals surface area contributed by atoms with E-state index >= 15 is 0 Å². The Labute approximate surface area is 132 Å². The molecule has 0 spiro atoms. The molecule has 0 aliphatic rings. The van der Waals surface area contributed by atoms with E-state index in [1.165, 1.54) is 0 Å². The van der Waals surface area contributed by atoms with Crippen molar-refractivity contribution in [3.63, 3.8) is 0 Å². The second-order valence-electron chi connectivity index (χ2n) is 4.93. The summed E-state index contributed by atoms with van der Waals surface area (Å²) >= 11 is 5.96. The van der Waals surface area contributed by atoms with Crippen molar-refractivity contribution in [2.45, 2.75) is 13.3 Å². The minimum Gasteiger partial charge on any atom is -0.436 e. The van der Waals surface area contributed by atoms with Crippen molar-refractivity contribution in [1.29, 1.82) is 0 Å². The van der Waals surface area contributed by atoms with Crippen LogP contribution in [0.25, 0.3) is 22.6 Å². The van der Waals surface area contributed by atoms with Crippen LogP contribution in [-0.4, -0.2) is 16.7 Å². The van der Waals surface area contributed by atoms with Gasteiger partial charge in [0.25, 0.3) is 0 Å². The lowest BCUT2D eigenvalue weighted by molar-refractivity contribution is 0.389. The van der Waals surface area contributed by atoms with Crippen molar-refractivity contribution in [2.24, 2.45) is 0 Å². The summed E-state index contributed by atoms with van der Waals surface area (Å²) in [7, 11) is 0. The van der Waals surface area contributed by atoms with Gasteiger partial charge < -0.3 is 9.73 Å². The maximum absolute atomic E-state index is 9.31. The predicted octanol–water partition coefficient (Wildman–Crippen LogP) is 4.77. The van der Waals surface area contributed by atoms with Gasteiger partial charge in [0.1, 0.15) is 5.52 Å². The SMILES string of the molecule is CCCNc1ccc(-c2nc3cc(Cl)ccc3o2)cc1NO. The molecule has 0 aliphatic heterocycles. The van der Waals surface area contributed by atoms with E-state index in [0.29, 0.717) is 27.7 Å². The first-order valence-electron chi connectivity index (χ1n) is 7.05. The van der Waals surface area contributed by atoms with E-state index in [0.717, 1.165) is 24.2 Å². The Balaban J connectivity index is 1.99. The number of rotatable bonds is 5. The first-order valence-corrected chi connectivity index (χ1v) is 7.43. The summed E-state index contributed by atoms with van der Waals surface area (Å²) in [6.45, 7) is 2.91. The number of nitrogens with one attached hydrogen (secondary N) is 2. The minimum absolute atomic E-state index is 0.482. The van der Waals surface area contributed by atoms with Gasteiger partial charge in [0, 0.05) is 17.1 Å². The fourth-order valence-corrected chi connectivity index (χ4v) is 2.37. The van der Waals surface area contributed by atoms with Gasteiger partial charge in [-0.1, -0.05) is 18.5 Å². The molecule has 22 heavy (non-hydrogen) atoms. The number of hydrogen-bond acceptors (Lipinski definition) is 5. The molecule has 5 nitrogen and oxygen atoms in total. The van der Waals surface area contributed by atoms with Gasteiger partial charge in [-0.05, 0) is 42.8 Å². The summed E-state index contributed by atoms with van der Waals surface area (Å²) in [5.41, 5.74) is 5.75. The number of nitrogens with zero attached hydrogens (tertiary/aromatic N) is 1. The third-order valence-electron chi connectivity index (χ3n) is 3.30. The van der Waals surface area contributed by atoms with Crippen LogP contribution in [0.1, 0.15) is 13.3 Å². The molecule has 0 fully saturated rings. The molecule has 0 saturated carbocycles. The van der Waals surface area contributed by atoms with Crippen LogP contribution in [0, 0.1) is 0 Å². The average Bonchev–Trinajstić information content (AvgIpc) is 2.95. The number of halogens is 1. The highest BCUT2D eigenvalue weighted by Gasteiger charge is 2.11. The molecule has 0 bridgehead atoms. The highest BCUT2D eigenvalue weighted by Crippen LogP contribution is 2.31. The van der Waals surface area contributed by atoms with Gasteiger partial charge in [-0.2, -0.15) is 0 Å². The van der Waals surface area contributed by atoms with Crippen molar-refractivity contribution in [1.82, 2.24) is 4.98 Å². The van der Waals surface area contributed by atoms with Gasteiger partial charge in [-0.3, -0.25) is 10.7 Å². The Kier molecular flexibility index (Phi) is 4.18. The van der Waals surface area contributed by atoms with Crippen molar-refractivity contribution in [3.8, 4) is 11.5 Å². The fourth-order valence-electron chi connectivity index (χ4n) is 2.21. The summed E-state index contributed by atoms with van der Waals surface area (Å²) in [4.78, 5) is 4.43. The maximum Gasteiger partial charge on any atom is 0.227 e. The highest BCUT2D eigenvalue weighted by molar-refractivity contribution is 6.31. The molecular formula is C16H16ClN3O2. The third kappa shape index (κ3) is 2.86. The molecule has 0 amide bonds. The van der Waals surface area contributed by atoms with Crippen molar-refractivity contribution >= 4 is 34.1 Å². The van der Waals surface area contributed by atoms with Gasteiger partial charge in [0.2, 0.25) is 5.89 Å². The van der Waals surface area contributed by atoms with E-state index in [1.807, 2.05) is 12.1 Å². The van der Waals surface area contributed by atoms with Crippen LogP contribution in [0.2, 0.25) is 5.02 Å². The van der Waals surface area contributed by atoms with Crippen LogP contribution in [-0.2, 0) is 0 Å². The lowest BCUT2D eigenvalue weighted by Crippen LogP contribution is -2.03. The maximum atomic E-state index is 9.31. The lowest BCUT2D eigenvalue weighted by Gasteiger charge is -2.11. The predicted molar refractivity (Wildman–Crippen MR) is 88.6 cm³/mol. The molecule has 2 aromatic carbocycles. The van der Waals surface area contributed by atoms with Crippen LogP contribution < -0.4 is 10.8 Å². The first kappa shape index (κ1) is 14.7. The third-order valence-corrected chi connectivity index (χ3v) is 3.54. The normalized spacial score (nSPS) is 10.9. The van der Waals surface area contributed by atoms with E-state index in [2.05, 4.69) is 22.7 Å². The van der Waals surface area contributed by atoms with Gasteiger partial charge >= 0.3 is 0 Å². The van der Waals surface area contributed by atoms with E-state index in [1.54, 1.807) is 24.3 Å². The Bertz CT molecular complexity index is 801. The molecule has 3 N–H and O–H groups in total. The Hall–Kier alpha value is -2.24. The Morgan fingerprint density at radius 1 is 1.18 bits per heavy atom. The van der Waals surface area contributed by atoms with Crippen molar-refractivity contribution in [3.05, 3.63) is 41.4 Å². The topological polar surface area (TPSA) is 70.3 Å². The summed E-state index contributed by atoms with van der Waals surface area (Å²) in [5.74, 6) is 0.482. The fraction of sp³-hybridized carbons (Fsp3) is 0.188. The first-order chi connectivity index (χ1) is 10.7. The van der Waals surface area contributed by atoms with Crippen LogP contribution in [0.3, 0.4) is 0 Å². The quantitative estimate of drug-likeness (QED) is 0.591. The molecule has 0 unspecified atom stereocenters. The number of fused-ring (bicyclic) bond motifs is 1. The van der Waals surface area contributed by atoms with Crippen molar-refractivity contribution in [2.75, 3.05) is 17.3 Å². The number of hydrogen-bond donors (Lipinski definition) is 3. The average molecular weight is 318 g/mol. The van der Waals surface area contributed by atoms with Gasteiger partial charge in [0.05, 0.1) is 11.4 Å². The zero-order valence-corrected chi connectivity index (χ0v) is 12.8. The number of anilines is 2. The van der Waals surface area contributed by atoms with Crippen LogP contribution in [0.15, 0.2) is 40.8 Å². The second-order valence-corrected chi connectivity index (χ2v) is 5.37. The molecule has 0 atom stereocenters. The highest BCUT2D eigenvalue weighted by atomic mass is 35.5. The number of oxazole rings is 1. The Morgan fingerprint density at radius 2 is 2.05 bits per heavy atom. The largest absolute Gasteiger partial charge is 0.436 e. The minimum atomic E-state index is 0.482.